The lowest BCUT2D eigenvalue weighted by Crippen LogP contribution is -2.56. The van der Waals surface area contributed by atoms with Gasteiger partial charge in [-0.05, 0) is 60.7 Å². The number of likely N-dealkylation sites (tertiary alicyclic amines) is 1. The Morgan fingerprint density at radius 3 is 2.58 bits per heavy atom. The molecule has 3 amide bonds. The van der Waals surface area contributed by atoms with Crippen molar-refractivity contribution >= 4 is 23.5 Å². The predicted octanol–water partition coefficient (Wildman–Crippen LogP) is 1.32. The van der Waals surface area contributed by atoms with Crippen molar-refractivity contribution in [1.82, 2.24) is 40.7 Å². The maximum Gasteiger partial charge on any atom is 0.270 e. The van der Waals surface area contributed by atoms with E-state index in [4.69, 9.17) is 0 Å². The Labute approximate surface area is 232 Å². The van der Waals surface area contributed by atoms with Crippen LogP contribution < -0.4 is 10.6 Å². The number of hydrogen-bond donors (Lipinski definition) is 2. The Morgan fingerprint density at radius 2 is 1.85 bits per heavy atom. The van der Waals surface area contributed by atoms with E-state index in [0.29, 0.717) is 38.1 Å². The quantitative estimate of drug-likeness (QED) is 0.365. The molecule has 12 nitrogen and oxygen atoms in total. The van der Waals surface area contributed by atoms with Crippen molar-refractivity contribution in [3.05, 3.63) is 71.8 Å². The van der Waals surface area contributed by atoms with Crippen molar-refractivity contribution in [3.8, 4) is 0 Å². The Kier molecular flexibility index (Phi) is 9.66. The highest BCUT2D eigenvalue weighted by Crippen LogP contribution is 2.16. The van der Waals surface area contributed by atoms with Gasteiger partial charge in [0.05, 0.1) is 6.04 Å². The lowest BCUT2D eigenvalue weighted by molar-refractivity contribution is -0.141. The van der Waals surface area contributed by atoms with Crippen LogP contribution in [-0.2, 0) is 27.3 Å². The molecule has 0 spiro atoms. The number of amides is 3. The molecule has 1 aliphatic heterocycles. The van der Waals surface area contributed by atoms with Crippen LogP contribution >= 0.6 is 0 Å². The SMILES string of the molecule is CCC(NC(=O)C(C)N1CCCCC(NC(=O)c2ccccn2)C1=O)C(=O)Cn1nnnc1Cc1ccccc1. The van der Waals surface area contributed by atoms with Gasteiger partial charge >= 0.3 is 0 Å². The number of nitrogens with zero attached hydrogens (tertiary/aromatic N) is 6. The normalized spacial score (nSPS) is 17.0. The molecule has 2 N–H and O–H groups in total. The number of tetrazole rings is 1. The molecule has 3 atom stereocenters. The number of hydrogen-bond acceptors (Lipinski definition) is 8. The van der Waals surface area contributed by atoms with Crippen LogP contribution in [0.3, 0.4) is 0 Å². The molecule has 0 saturated carbocycles. The summed E-state index contributed by atoms with van der Waals surface area (Å²) in [5.74, 6) is -0.909. The molecule has 3 aromatic rings. The van der Waals surface area contributed by atoms with Gasteiger partial charge in [-0.1, -0.05) is 43.3 Å². The average molecular weight is 547 g/mol. The topological polar surface area (TPSA) is 152 Å². The molecule has 0 bridgehead atoms. The number of Topliss-reactive ketones (excluding diaryl/α,β-unsaturated/α-hetero) is 1. The molecule has 1 aromatic carbocycles. The van der Waals surface area contributed by atoms with Gasteiger partial charge in [0.15, 0.2) is 11.6 Å². The lowest BCUT2D eigenvalue weighted by atomic mass is 10.1. The number of nitrogens with one attached hydrogen (secondary N) is 2. The average Bonchev–Trinajstić information content (AvgIpc) is 3.32. The molecule has 4 rings (SSSR count). The van der Waals surface area contributed by atoms with Gasteiger partial charge in [0.25, 0.3) is 5.91 Å². The molecule has 1 aliphatic rings. The smallest absolute Gasteiger partial charge is 0.270 e. The number of benzene rings is 1. The summed E-state index contributed by atoms with van der Waals surface area (Å²) in [7, 11) is 0. The van der Waals surface area contributed by atoms with Crippen LogP contribution in [0.5, 0.6) is 0 Å². The van der Waals surface area contributed by atoms with E-state index < -0.39 is 29.9 Å². The number of ketones is 1. The van der Waals surface area contributed by atoms with E-state index in [1.165, 1.54) is 15.8 Å². The zero-order valence-electron chi connectivity index (χ0n) is 22.7. The second kappa shape index (κ2) is 13.5. The monoisotopic (exact) mass is 546 g/mol. The van der Waals surface area contributed by atoms with Crippen molar-refractivity contribution in [3.63, 3.8) is 0 Å². The summed E-state index contributed by atoms with van der Waals surface area (Å²) in [6.45, 7) is 3.72. The molecule has 40 heavy (non-hydrogen) atoms. The molecule has 12 heteroatoms. The highest BCUT2D eigenvalue weighted by atomic mass is 16.2. The second-order valence-electron chi connectivity index (χ2n) is 9.80. The third kappa shape index (κ3) is 7.13. The summed E-state index contributed by atoms with van der Waals surface area (Å²) in [4.78, 5) is 57.9. The van der Waals surface area contributed by atoms with Gasteiger partial charge < -0.3 is 15.5 Å². The van der Waals surface area contributed by atoms with Crippen molar-refractivity contribution in [2.45, 2.75) is 70.6 Å². The number of carbonyl (C=O) groups is 4. The summed E-state index contributed by atoms with van der Waals surface area (Å²) < 4.78 is 1.45. The van der Waals surface area contributed by atoms with Crippen molar-refractivity contribution in [2.75, 3.05) is 6.54 Å². The Hall–Kier alpha value is -4.48. The standard InChI is InChI=1S/C28H34N8O4/c1-3-21(24(37)18-36-25(32-33-34-36)17-20-11-5-4-6-12-20)30-26(38)19(2)35-16-10-8-14-23(28(35)40)31-27(39)22-13-7-9-15-29-22/h4-7,9,11-13,15,19,21,23H,3,8,10,14,16-18H2,1-2H3,(H,30,38)(H,31,39). The van der Waals surface area contributed by atoms with Gasteiger partial charge in [-0.2, -0.15) is 0 Å². The van der Waals surface area contributed by atoms with E-state index in [2.05, 4.69) is 31.1 Å². The van der Waals surface area contributed by atoms with E-state index in [1.807, 2.05) is 30.3 Å². The first-order chi connectivity index (χ1) is 19.4. The van der Waals surface area contributed by atoms with Gasteiger partial charge in [-0.25, -0.2) is 4.68 Å². The first kappa shape index (κ1) is 28.5. The lowest BCUT2D eigenvalue weighted by Gasteiger charge is -2.30. The zero-order chi connectivity index (χ0) is 28.5. The van der Waals surface area contributed by atoms with E-state index in [9.17, 15) is 19.2 Å². The van der Waals surface area contributed by atoms with Crippen molar-refractivity contribution in [1.29, 1.82) is 0 Å². The molecule has 2 aromatic heterocycles. The number of aromatic nitrogens is 5. The molecule has 210 valence electrons. The molecule has 3 unspecified atom stereocenters. The highest BCUT2D eigenvalue weighted by molar-refractivity contribution is 5.97. The minimum atomic E-state index is -0.830. The third-order valence-electron chi connectivity index (χ3n) is 7.00. The largest absolute Gasteiger partial charge is 0.344 e. The van der Waals surface area contributed by atoms with Crippen LogP contribution in [-0.4, -0.2) is 78.3 Å². The summed E-state index contributed by atoms with van der Waals surface area (Å²) in [6, 6.07) is 12.3. The number of carbonyl (C=O) groups excluding carboxylic acids is 4. The minimum absolute atomic E-state index is 0.0907. The highest BCUT2D eigenvalue weighted by Gasteiger charge is 2.35. The fourth-order valence-electron chi connectivity index (χ4n) is 4.67. The third-order valence-corrected chi connectivity index (χ3v) is 7.00. The van der Waals surface area contributed by atoms with Crippen LogP contribution in [0.2, 0.25) is 0 Å². The van der Waals surface area contributed by atoms with Crippen molar-refractivity contribution in [2.24, 2.45) is 0 Å². The van der Waals surface area contributed by atoms with Crippen LogP contribution in [0.15, 0.2) is 54.7 Å². The van der Waals surface area contributed by atoms with E-state index in [0.717, 1.165) is 12.0 Å². The molecule has 1 saturated heterocycles. The first-order valence-electron chi connectivity index (χ1n) is 13.5. The van der Waals surface area contributed by atoms with Crippen LogP contribution in [0.1, 0.15) is 61.4 Å². The maximum absolute atomic E-state index is 13.4. The minimum Gasteiger partial charge on any atom is -0.344 e. The van der Waals surface area contributed by atoms with Crippen molar-refractivity contribution < 1.29 is 19.2 Å². The zero-order valence-corrected chi connectivity index (χ0v) is 22.7. The summed E-state index contributed by atoms with van der Waals surface area (Å²) >= 11 is 0. The van der Waals surface area contributed by atoms with E-state index >= 15 is 0 Å². The molecular formula is C28H34N8O4. The molecule has 3 heterocycles. The number of rotatable bonds is 11. The maximum atomic E-state index is 13.4. The summed E-state index contributed by atoms with van der Waals surface area (Å²) in [5, 5.41) is 17.3. The Balaban J connectivity index is 1.37. The fraction of sp³-hybridized carbons (Fsp3) is 0.429. The van der Waals surface area contributed by atoms with Gasteiger partial charge in [-0.15, -0.1) is 5.10 Å². The number of pyridine rings is 1. The summed E-state index contributed by atoms with van der Waals surface area (Å²) in [5.41, 5.74) is 1.23. The second-order valence-corrected chi connectivity index (χ2v) is 9.80. The van der Waals surface area contributed by atoms with Crippen LogP contribution in [0.4, 0.5) is 0 Å². The van der Waals surface area contributed by atoms with Gasteiger partial charge in [0, 0.05) is 19.2 Å². The molecule has 1 fully saturated rings. The Bertz CT molecular complexity index is 1310. The predicted molar refractivity (Wildman–Crippen MR) is 145 cm³/mol. The van der Waals surface area contributed by atoms with Gasteiger partial charge in [0.2, 0.25) is 11.8 Å². The molecule has 0 radical (unpaired) electrons. The first-order valence-corrected chi connectivity index (χ1v) is 13.5. The van der Waals surface area contributed by atoms with Gasteiger partial charge in [-0.3, -0.25) is 24.2 Å². The van der Waals surface area contributed by atoms with Crippen LogP contribution in [0, 0.1) is 0 Å². The van der Waals surface area contributed by atoms with E-state index in [1.54, 1.807) is 32.0 Å². The fourth-order valence-corrected chi connectivity index (χ4v) is 4.67. The Morgan fingerprint density at radius 1 is 1.07 bits per heavy atom. The van der Waals surface area contributed by atoms with Crippen LogP contribution in [0.25, 0.3) is 0 Å². The summed E-state index contributed by atoms with van der Waals surface area (Å²) in [6.07, 6.45) is 4.23. The molecule has 0 aliphatic carbocycles. The molecular weight excluding hydrogens is 512 g/mol. The van der Waals surface area contributed by atoms with E-state index in [-0.39, 0.29) is 23.9 Å². The van der Waals surface area contributed by atoms with Gasteiger partial charge in [0.1, 0.15) is 24.3 Å².